The lowest BCUT2D eigenvalue weighted by molar-refractivity contribution is -0.117. The minimum absolute atomic E-state index is 0.0181. The van der Waals surface area contributed by atoms with Crippen LogP contribution >= 0.6 is 23.2 Å². The van der Waals surface area contributed by atoms with Crippen LogP contribution in [0, 0.1) is 0 Å². The number of carbonyl (C=O) groups excluding carboxylic acids is 2. The first-order valence-corrected chi connectivity index (χ1v) is 12.7. The number of ether oxygens (including phenoxy) is 2. The average molecular weight is 560 g/mol. The van der Waals surface area contributed by atoms with Crippen LogP contribution in [0.2, 0.25) is 10.0 Å². The van der Waals surface area contributed by atoms with E-state index in [0.29, 0.717) is 33.1 Å². The highest BCUT2D eigenvalue weighted by atomic mass is 35.5. The molecular weight excluding hydrogens is 529 g/mol. The summed E-state index contributed by atoms with van der Waals surface area (Å²) in [4.78, 5) is 31.7. The Bertz CT molecular complexity index is 1290. The molecule has 2 amide bonds. The van der Waals surface area contributed by atoms with Crippen molar-refractivity contribution in [3.05, 3.63) is 53.2 Å². The fraction of sp³-hybridized carbons (Fsp3) is 0.333. The van der Waals surface area contributed by atoms with Crippen LogP contribution in [0.4, 0.5) is 5.95 Å². The second-order valence-corrected chi connectivity index (χ2v) is 9.58. The van der Waals surface area contributed by atoms with Crippen molar-refractivity contribution in [3.63, 3.8) is 0 Å². The Morgan fingerprint density at radius 3 is 2.32 bits per heavy atom. The van der Waals surface area contributed by atoms with E-state index in [1.54, 1.807) is 40.6 Å². The van der Waals surface area contributed by atoms with E-state index in [0.717, 1.165) is 42.1 Å². The molecule has 1 fully saturated rings. The van der Waals surface area contributed by atoms with Crippen LogP contribution in [0.15, 0.2) is 43.1 Å². The Morgan fingerprint density at radius 2 is 1.74 bits per heavy atom. The zero-order chi connectivity index (χ0) is 27.8. The summed E-state index contributed by atoms with van der Waals surface area (Å²) in [6.07, 6.45) is 6.63. The van der Waals surface area contributed by atoms with Crippen molar-refractivity contribution < 1.29 is 19.1 Å². The van der Waals surface area contributed by atoms with Crippen LogP contribution in [0.3, 0.4) is 0 Å². The molecule has 202 valence electrons. The predicted molar refractivity (Wildman–Crippen MR) is 151 cm³/mol. The lowest BCUT2D eigenvalue weighted by atomic mass is 10.0. The van der Waals surface area contributed by atoms with Gasteiger partial charge in [0.15, 0.2) is 0 Å². The third-order valence-corrected chi connectivity index (χ3v) is 6.75. The van der Waals surface area contributed by atoms with Gasteiger partial charge in [0.25, 0.3) is 0 Å². The monoisotopic (exact) mass is 559 g/mol. The van der Waals surface area contributed by atoms with Crippen LogP contribution in [0.1, 0.15) is 19.3 Å². The molecule has 1 saturated carbocycles. The van der Waals surface area contributed by atoms with E-state index < -0.39 is 0 Å². The number of aromatic nitrogens is 2. The van der Waals surface area contributed by atoms with E-state index in [-0.39, 0.29) is 18.0 Å². The van der Waals surface area contributed by atoms with E-state index in [4.69, 9.17) is 32.7 Å². The molecule has 0 spiro atoms. The summed E-state index contributed by atoms with van der Waals surface area (Å²) >= 11 is 13.1. The Hall–Kier alpha value is -3.56. The van der Waals surface area contributed by atoms with E-state index in [2.05, 4.69) is 27.2 Å². The minimum Gasteiger partial charge on any atom is -0.495 e. The summed E-state index contributed by atoms with van der Waals surface area (Å²) in [5.41, 5.74) is 2.18. The topological polar surface area (TPSA) is 106 Å². The van der Waals surface area contributed by atoms with E-state index >= 15 is 0 Å². The maximum Gasteiger partial charge on any atom is 0.243 e. The Morgan fingerprint density at radius 1 is 1.11 bits per heavy atom. The number of hydrogen-bond acceptors (Lipinski definition) is 7. The first-order valence-electron chi connectivity index (χ1n) is 11.9. The van der Waals surface area contributed by atoms with Gasteiger partial charge in [0.1, 0.15) is 11.5 Å². The SMILES string of the molecule is C=CC(=O)NC1CCCC1Nc1ncc2cc(-c3c(Cl)c(OC)cc(OC)c3Cl)ccc2n1.CN(C)C=O. The number of methoxy groups -OCH3 is 2. The molecule has 2 unspecified atom stereocenters. The van der Waals surface area contributed by atoms with Crippen LogP contribution in [-0.2, 0) is 9.59 Å². The second-order valence-electron chi connectivity index (χ2n) is 8.82. The highest BCUT2D eigenvalue weighted by Crippen LogP contribution is 2.46. The molecule has 0 bridgehead atoms. The summed E-state index contributed by atoms with van der Waals surface area (Å²) in [6.45, 7) is 3.52. The molecule has 2 atom stereocenters. The van der Waals surface area contributed by atoms with Gasteiger partial charge in [-0.1, -0.05) is 35.8 Å². The van der Waals surface area contributed by atoms with Crippen molar-refractivity contribution in [2.45, 2.75) is 31.3 Å². The standard InChI is InChI=1S/C24H24Cl2N4O3.C3H7NO/c1-4-20(31)28-16-6-5-7-17(16)30-24-27-12-14-10-13(8-9-15(14)29-24)21-22(25)18(32-2)11-19(33-3)23(21)26;1-4(2)3-5/h4,8-12,16-17H,1,5-7H2,2-3H3,(H,28,31)(H,27,29,30);3H,1-2H3. The Labute approximate surface area is 232 Å². The van der Waals surface area contributed by atoms with Crippen molar-refractivity contribution in [1.29, 1.82) is 0 Å². The van der Waals surface area contributed by atoms with Crippen LogP contribution in [0.5, 0.6) is 11.5 Å². The maximum absolute atomic E-state index is 11.7. The Balaban J connectivity index is 0.000000732. The van der Waals surface area contributed by atoms with E-state index in [1.165, 1.54) is 11.0 Å². The highest BCUT2D eigenvalue weighted by molar-refractivity contribution is 6.41. The number of anilines is 1. The number of benzene rings is 2. The number of amides is 2. The van der Waals surface area contributed by atoms with Gasteiger partial charge in [0, 0.05) is 49.4 Å². The van der Waals surface area contributed by atoms with Gasteiger partial charge in [-0.05, 0) is 43.0 Å². The van der Waals surface area contributed by atoms with Crippen molar-refractivity contribution in [3.8, 4) is 22.6 Å². The molecule has 9 nitrogen and oxygen atoms in total. The maximum atomic E-state index is 11.7. The van der Waals surface area contributed by atoms with Crippen molar-refractivity contribution in [2.75, 3.05) is 33.6 Å². The van der Waals surface area contributed by atoms with Crippen LogP contribution < -0.4 is 20.1 Å². The summed E-state index contributed by atoms with van der Waals surface area (Å²) in [5.74, 6) is 1.28. The molecule has 2 N–H and O–H groups in total. The summed E-state index contributed by atoms with van der Waals surface area (Å²) in [7, 11) is 6.46. The minimum atomic E-state index is -0.174. The third kappa shape index (κ3) is 6.85. The van der Waals surface area contributed by atoms with Crippen molar-refractivity contribution in [1.82, 2.24) is 20.2 Å². The smallest absolute Gasteiger partial charge is 0.243 e. The molecule has 38 heavy (non-hydrogen) atoms. The van der Waals surface area contributed by atoms with Gasteiger partial charge < -0.3 is 25.0 Å². The van der Waals surface area contributed by atoms with E-state index in [9.17, 15) is 9.59 Å². The first-order chi connectivity index (χ1) is 18.2. The molecule has 1 heterocycles. The van der Waals surface area contributed by atoms with Crippen LogP contribution in [-0.4, -0.2) is 67.6 Å². The molecule has 1 aliphatic carbocycles. The molecule has 0 aliphatic heterocycles. The average Bonchev–Trinajstić information content (AvgIpc) is 3.35. The summed E-state index contributed by atoms with van der Waals surface area (Å²) in [6, 6.07) is 7.45. The number of halogens is 2. The zero-order valence-electron chi connectivity index (χ0n) is 21.8. The fourth-order valence-corrected chi connectivity index (χ4v) is 4.83. The molecule has 1 aromatic heterocycles. The normalized spacial score (nSPS) is 16.2. The molecule has 4 rings (SSSR count). The van der Waals surface area contributed by atoms with Gasteiger partial charge in [-0.3, -0.25) is 9.59 Å². The fourth-order valence-electron chi connectivity index (χ4n) is 4.11. The number of nitrogens with one attached hydrogen (secondary N) is 2. The Kier molecular flexibility index (Phi) is 10.2. The quantitative estimate of drug-likeness (QED) is 0.296. The molecular formula is C27H31Cl2N5O4. The molecule has 0 saturated heterocycles. The zero-order valence-corrected chi connectivity index (χ0v) is 23.3. The lowest BCUT2D eigenvalue weighted by Crippen LogP contribution is -2.42. The van der Waals surface area contributed by atoms with Gasteiger partial charge in [-0.25, -0.2) is 9.97 Å². The highest BCUT2D eigenvalue weighted by Gasteiger charge is 2.28. The molecule has 2 aromatic carbocycles. The van der Waals surface area contributed by atoms with Gasteiger partial charge >= 0.3 is 0 Å². The molecule has 3 aromatic rings. The van der Waals surface area contributed by atoms with Gasteiger partial charge in [0.2, 0.25) is 18.3 Å². The molecule has 11 heteroatoms. The largest absolute Gasteiger partial charge is 0.495 e. The number of rotatable bonds is 8. The lowest BCUT2D eigenvalue weighted by Gasteiger charge is -2.21. The third-order valence-electron chi connectivity index (χ3n) is 6.00. The van der Waals surface area contributed by atoms with Gasteiger partial charge in [-0.2, -0.15) is 0 Å². The van der Waals surface area contributed by atoms with E-state index in [1.807, 2.05) is 18.2 Å². The first kappa shape index (κ1) is 29.0. The summed E-state index contributed by atoms with van der Waals surface area (Å²) in [5, 5.41) is 7.96. The number of nitrogens with zero attached hydrogens (tertiary/aromatic N) is 3. The molecule has 1 aliphatic rings. The van der Waals surface area contributed by atoms with Gasteiger partial charge in [-0.15, -0.1) is 0 Å². The number of carbonyl (C=O) groups is 2. The molecule has 0 radical (unpaired) electrons. The number of hydrogen-bond donors (Lipinski definition) is 2. The van der Waals surface area contributed by atoms with Crippen molar-refractivity contribution in [2.24, 2.45) is 0 Å². The predicted octanol–water partition coefficient (Wildman–Crippen LogP) is 4.96. The van der Waals surface area contributed by atoms with Crippen LogP contribution in [0.25, 0.3) is 22.0 Å². The summed E-state index contributed by atoms with van der Waals surface area (Å²) < 4.78 is 10.8. The second kappa shape index (κ2) is 13.3. The van der Waals surface area contributed by atoms with Crippen molar-refractivity contribution >= 4 is 52.4 Å². The number of fused-ring (bicyclic) bond motifs is 1. The van der Waals surface area contributed by atoms with Gasteiger partial charge in [0.05, 0.1) is 29.8 Å².